The van der Waals surface area contributed by atoms with Crippen molar-refractivity contribution in [2.24, 2.45) is 5.92 Å². The van der Waals surface area contributed by atoms with Gasteiger partial charge in [-0.3, -0.25) is 9.59 Å². The number of ether oxygens (including phenoxy) is 1. The van der Waals surface area contributed by atoms with Crippen molar-refractivity contribution in [1.82, 2.24) is 5.32 Å². The molecule has 1 rings (SSSR count). The van der Waals surface area contributed by atoms with Gasteiger partial charge in [-0.15, -0.1) is 0 Å². The van der Waals surface area contributed by atoms with Crippen LogP contribution in [0, 0.1) is 5.92 Å². The van der Waals surface area contributed by atoms with Crippen molar-refractivity contribution in [3.63, 3.8) is 0 Å². The Morgan fingerprint density at radius 1 is 1.53 bits per heavy atom. The minimum absolute atomic E-state index is 0.00479. The van der Waals surface area contributed by atoms with E-state index in [-0.39, 0.29) is 30.9 Å². The maximum Gasteiger partial charge on any atom is 0.305 e. The Balaban J connectivity index is 2.29. The Hall–Kier alpha value is -1.10. The predicted octanol–water partition coefficient (Wildman–Crippen LogP) is 0.392. The number of hydrogen-bond donors (Lipinski definition) is 2. The normalized spacial score (nSPS) is 25.1. The summed E-state index contributed by atoms with van der Waals surface area (Å²) in [5, 5.41) is 11.0. The lowest BCUT2D eigenvalue weighted by Crippen LogP contribution is -2.36. The average molecular weight is 215 g/mol. The quantitative estimate of drug-likeness (QED) is 0.695. The third-order valence-corrected chi connectivity index (χ3v) is 2.59. The van der Waals surface area contributed by atoms with Gasteiger partial charge >= 0.3 is 5.97 Å². The van der Waals surface area contributed by atoms with Crippen LogP contribution in [0.1, 0.15) is 26.2 Å². The molecule has 1 aliphatic heterocycles. The van der Waals surface area contributed by atoms with Crippen LogP contribution < -0.4 is 5.32 Å². The molecule has 0 radical (unpaired) electrons. The summed E-state index contributed by atoms with van der Waals surface area (Å²) in [7, 11) is 0. The predicted molar refractivity (Wildman–Crippen MR) is 53.4 cm³/mol. The Bertz CT molecular complexity index is 242. The highest BCUT2D eigenvalue weighted by Gasteiger charge is 2.32. The summed E-state index contributed by atoms with van der Waals surface area (Å²) in [5.74, 6) is -1.09. The minimum atomic E-state index is -0.898. The molecule has 1 amide bonds. The molecule has 2 N–H and O–H groups in total. The number of hydrogen-bond acceptors (Lipinski definition) is 3. The molecule has 1 aliphatic rings. The van der Waals surface area contributed by atoms with Crippen molar-refractivity contribution < 1.29 is 19.4 Å². The molecule has 0 aliphatic carbocycles. The first kappa shape index (κ1) is 12.0. The second-order valence-corrected chi connectivity index (χ2v) is 3.65. The number of carboxylic acids is 1. The first-order valence-electron chi connectivity index (χ1n) is 5.26. The molecule has 0 spiro atoms. The van der Waals surface area contributed by atoms with Gasteiger partial charge in [-0.2, -0.15) is 0 Å². The van der Waals surface area contributed by atoms with Crippen LogP contribution in [0.5, 0.6) is 0 Å². The number of carboxylic acid groups (broad SMARTS) is 1. The smallest absolute Gasteiger partial charge is 0.305 e. The van der Waals surface area contributed by atoms with Gasteiger partial charge in [0.2, 0.25) is 5.91 Å². The van der Waals surface area contributed by atoms with Crippen LogP contribution in [-0.2, 0) is 14.3 Å². The number of aliphatic carboxylic acids is 1. The number of rotatable bonds is 5. The summed E-state index contributed by atoms with van der Waals surface area (Å²) >= 11 is 0. The maximum absolute atomic E-state index is 11.6. The second-order valence-electron chi connectivity index (χ2n) is 3.65. The van der Waals surface area contributed by atoms with Gasteiger partial charge in [0.25, 0.3) is 0 Å². The van der Waals surface area contributed by atoms with Crippen molar-refractivity contribution in [3.05, 3.63) is 0 Å². The Kier molecular flexibility index (Phi) is 4.55. The maximum atomic E-state index is 11.6. The summed E-state index contributed by atoms with van der Waals surface area (Å²) < 4.78 is 5.39. The van der Waals surface area contributed by atoms with Crippen LogP contribution in [0.4, 0.5) is 0 Å². The van der Waals surface area contributed by atoms with E-state index in [2.05, 4.69) is 5.32 Å². The standard InChI is InChI=1S/C10H17NO4/c1-2-8-7(4-6-15-8)10(14)11-5-3-9(12)13/h7-8H,2-6H2,1H3,(H,11,14)(H,12,13). The Labute approximate surface area is 88.8 Å². The van der Waals surface area contributed by atoms with Crippen molar-refractivity contribution in [2.75, 3.05) is 13.2 Å². The molecule has 0 bridgehead atoms. The van der Waals surface area contributed by atoms with E-state index in [9.17, 15) is 9.59 Å². The van der Waals surface area contributed by atoms with E-state index in [1.165, 1.54) is 0 Å². The summed E-state index contributed by atoms with van der Waals surface area (Å²) in [6, 6.07) is 0. The molecule has 1 saturated heterocycles. The molecule has 2 atom stereocenters. The fourth-order valence-electron chi connectivity index (χ4n) is 1.77. The minimum Gasteiger partial charge on any atom is -0.481 e. The summed E-state index contributed by atoms with van der Waals surface area (Å²) in [5.41, 5.74) is 0. The summed E-state index contributed by atoms with van der Waals surface area (Å²) in [6.45, 7) is 2.80. The Morgan fingerprint density at radius 3 is 2.87 bits per heavy atom. The highest BCUT2D eigenvalue weighted by Crippen LogP contribution is 2.23. The lowest BCUT2D eigenvalue weighted by atomic mass is 9.99. The third-order valence-electron chi connectivity index (χ3n) is 2.59. The zero-order chi connectivity index (χ0) is 11.3. The van der Waals surface area contributed by atoms with Crippen LogP contribution in [0.2, 0.25) is 0 Å². The van der Waals surface area contributed by atoms with Crippen LogP contribution >= 0.6 is 0 Å². The van der Waals surface area contributed by atoms with E-state index >= 15 is 0 Å². The molecule has 1 fully saturated rings. The number of amides is 1. The highest BCUT2D eigenvalue weighted by atomic mass is 16.5. The van der Waals surface area contributed by atoms with E-state index < -0.39 is 5.97 Å². The van der Waals surface area contributed by atoms with Gasteiger partial charge in [0, 0.05) is 13.2 Å². The van der Waals surface area contributed by atoms with E-state index in [1.54, 1.807) is 0 Å². The van der Waals surface area contributed by atoms with Crippen molar-refractivity contribution in [1.29, 1.82) is 0 Å². The van der Waals surface area contributed by atoms with Crippen LogP contribution in [0.3, 0.4) is 0 Å². The zero-order valence-electron chi connectivity index (χ0n) is 8.86. The van der Waals surface area contributed by atoms with Crippen molar-refractivity contribution in [3.8, 4) is 0 Å². The second kappa shape index (κ2) is 5.70. The molecule has 0 aromatic heterocycles. The first-order valence-corrected chi connectivity index (χ1v) is 5.26. The summed E-state index contributed by atoms with van der Waals surface area (Å²) in [6.07, 6.45) is 1.51. The van der Waals surface area contributed by atoms with Crippen LogP contribution in [0.25, 0.3) is 0 Å². The molecular weight excluding hydrogens is 198 g/mol. The fourth-order valence-corrected chi connectivity index (χ4v) is 1.77. The number of carbonyl (C=O) groups is 2. The van der Waals surface area contributed by atoms with Crippen LogP contribution in [-0.4, -0.2) is 36.2 Å². The fraction of sp³-hybridized carbons (Fsp3) is 0.800. The monoisotopic (exact) mass is 215 g/mol. The van der Waals surface area contributed by atoms with Gasteiger partial charge in [-0.25, -0.2) is 0 Å². The zero-order valence-corrected chi connectivity index (χ0v) is 8.86. The van der Waals surface area contributed by atoms with Gasteiger partial charge in [-0.05, 0) is 12.8 Å². The van der Waals surface area contributed by atoms with Gasteiger partial charge in [0.15, 0.2) is 0 Å². The summed E-state index contributed by atoms with van der Waals surface area (Å²) in [4.78, 5) is 21.9. The topological polar surface area (TPSA) is 75.6 Å². The molecule has 15 heavy (non-hydrogen) atoms. The molecule has 0 saturated carbocycles. The highest BCUT2D eigenvalue weighted by molar-refractivity contribution is 5.80. The Morgan fingerprint density at radius 2 is 2.27 bits per heavy atom. The van der Waals surface area contributed by atoms with Crippen LogP contribution in [0.15, 0.2) is 0 Å². The number of carbonyl (C=O) groups excluding carboxylic acids is 1. The molecule has 5 nitrogen and oxygen atoms in total. The largest absolute Gasteiger partial charge is 0.481 e. The van der Waals surface area contributed by atoms with Crippen molar-refractivity contribution >= 4 is 11.9 Å². The van der Waals surface area contributed by atoms with Gasteiger partial charge in [-0.1, -0.05) is 6.92 Å². The molecule has 1 heterocycles. The molecular formula is C10H17NO4. The number of nitrogens with one attached hydrogen (secondary N) is 1. The van der Waals surface area contributed by atoms with E-state index in [4.69, 9.17) is 9.84 Å². The molecule has 2 unspecified atom stereocenters. The molecule has 5 heteroatoms. The third kappa shape index (κ3) is 3.51. The SMILES string of the molecule is CCC1OCCC1C(=O)NCCC(=O)O. The molecule has 0 aromatic carbocycles. The van der Waals surface area contributed by atoms with E-state index in [0.29, 0.717) is 6.61 Å². The van der Waals surface area contributed by atoms with E-state index in [0.717, 1.165) is 12.8 Å². The first-order chi connectivity index (χ1) is 7.15. The van der Waals surface area contributed by atoms with Crippen molar-refractivity contribution in [2.45, 2.75) is 32.3 Å². The van der Waals surface area contributed by atoms with Gasteiger partial charge in [0.05, 0.1) is 18.4 Å². The van der Waals surface area contributed by atoms with Gasteiger partial charge in [0.1, 0.15) is 0 Å². The van der Waals surface area contributed by atoms with Gasteiger partial charge < -0.3 is 15.2 Å². The molecule has 86 valence electrons. The lowest BCUT2D eigenvalue weighted by molar-refractivity contribution is -0.137. The average Bonchev–Trinajstić information content (AvgIpc) is 2.64. The van der Waals surface area contributed by atoms with E-state index in [1.807, 2.05) is 6.92 Å². The lowest BCUT2D eigenvalue weighted by Gasteiger charge is -2.15. The molecule has 0 aromatic rings.